The fraction of sp³-hybridized carbons (Fsp3) is 0.111. The summed E-state index contributed by atoms with van der Waals surface area (Å²) in [6.45, 7) is 1.66. The molecule has 5 heteroatoms. The number of carbonyl (C=O) groups excluding carboxylic acids is 2. The maximum Gasteiger partial charge on any atom is 0.252 e. The molecule has 2 amide bonds. The minimum atomic E-state index is -0.798. The Kier molecular flexibility index (Phi) is 2.42. The first-order chi connectivity index (χ1) is 6.43. The third-order valence-corrected chi connectivity index (χ3v) is 1.79. The van der Waals surface area contributed by atoms with E-state index >= 15 is 0 Å². The van der Waals surface area contributed by atoms with Crippen molar-refractivity contribution >= 4 is 11.8 Å². The second-order valence-corrected chi connectivity index (χ2v) is 2.94. The van der Waals surface area contributed by atoms with Crippen LogP contribution in [0.25, 0.3) is 0 Å². The van der Waals surface area contributed by atoms with E-state index in [1.54, 1.807) is 6.92 Å². The summed E-state index contributed by atoms with van der Waals surface area (Å²) in [5.74, 6) is -2.06. The lowest BCUT2D eigenvalue weighted by Gasteiger charge is -2.06. The van der Waals surface area contributed by atoms with Crippen molar-refractivity contribution in [2.24, 2.45) is 11.5 Å². The third kappa shape index (κ3) is 1.66. The Bertz CT molecular complexity index is 378. The standard InChI is InChI=1S/C9H10N2O3/c1-4-2-5(8(10)13)7(12)6(3-4)9(11)14/h2-3,12H,1H3,(H2,10,13)(H2,11,14). The van der Waals surface area contributed by atoms with Crippen LogP contribution in [-0.2, 0) is 0 Å². The number of hydrogen-bond acceptors (Lipinski definition) is 3. The number of aromatic hydroxyl groups is 1. The van der Waals surface area contributed by atoms with Gasteiger partial charge in [-0.1, -0.05) is 0 Å². The van der Waals surface area contributed by atoms with Gasteiger partial charge in [0.15, 0.2) is 0 Å². The van der Waals surface area contributed by atoms with Gasteiger partial charge < -0.3 is 16.6 Å². The van der Waals surface area contributed by atoms with E-state index in [1.165, 1.54) is 12.1 Å². The van der Waals surface area contributed by atoms with Gasteiger partial charge >= 0.3 is 0 Å². The molecule has 0 fully saturated rings. The number of rotatable bonds is 2. The van der Waals surface area contributed by atoms with Gasteiger partial charge in [0.05, 0.1) is 11.1 Å². The number of nitrogens with two attached hydrogens (primary N) is 2. The molecule has 5 N–H and O–H groups in total. The van der Waals surface area contributed by atoms with Crippen LogP contribution in [0, 0.1) is 6.92 Å². The molecule has 0 saturated heterocycles. The van der Waals surface area contributed by atoms with Crippen molar-refractivity contribution < 1.29 is 14.7 Å². The molecule has 0 saturated carbocycles. The van der Waals surface area contributed by atoms with E-state index in [1.807, 2.05) is 0 Å². The fourth-order valence-corrected chi connectivity index (χ4v) is 1.15. The van der Waals surface area contributed by atoms with Crippen molar-refractivity contribution in [3.63, 3.8) is 0 Å². The Morgan fingerprint density at radius 2 is 1.50 bits per heavy atom. The number of hydrogen-bond donors (Lipinski definition) is 3. The van der Waals surface area contributed by atoms with Crippen LogP contribution in [0.5, 0.6) is 5.75 Å². The molecule has 1 aromatic rings. The van der Waals surface area contributed by atoms with Gasteiger partial charge in [0.25, 0.3) is 11.8 Å². The van der Waals surface area contributed by atoms with Crippen LogP contribution in [0.4, 0.5) is 0 Å². The van der Waals surface area contributed by atoms with Gasteiger partial charge in [0, 0.05) is 0 Å². The van der Waals surface area contributed by atoms with Gasteiger partial charge in [-0.15, -0.1) is 0 Å². The van der Waals surface area contributed by atoms with Crippen LogP contribution in [-0.4, -0.2) is 16.9 Å². The molecule has 0 unspecified atom stereocenters. The van der Waals surface area contributed by atoms with E-state index in [0.29, 0.717) is 5.56 Å². The summed E-state index contributed by atoms with van der Waals surface area (Å²) >= 11 is 0. The number of benzene rings is 1. The summed E-state index contributed by atoms with van der Waals surface area (Å²) in [5, 5.41) is 9.45. The highest BCUT2D eigenvalue weighted by Crippen LogP contribution is 2.23. The predicted octanol–water partition coefficient (Wildman–Crippen LogP) is -0.102. The molecule has 1 rings (SSSR count). The molecule has 0 aromatic heterocycles. The Morgan fingerprint density at radius 3 is 1.79 bits per heavy atom. The van der Waals surface area contributed by atoms with Gasteiger partial charge in [-0.25, -0.2) is 0 Å². The molecule has 0 heterocycles. The summed E-state index contributed by atoms with van der Waals surface area (Å²) in [4.78, 5) is 21.7. The SMILES string of the molecule is Cc1cc(C(N)=O)c(O)c(C(N)=O)c1. The van der Waals surface area contributed by atoms with Crippen LogP contribution in [0.3, 0.4) is 0 Å². The minimum Gasteiger partial charge on any atom is -0.506 e. The third-order valence-electron chi connectivity index (χ3n) is 1.79. The highest BCUT2D eigenvalue weighted by Gasteiger charge is 2.15. The molecule has 0 bridgehead atoms. The van der Waals surface area contributed by atoms with Gasteiger partial charge in [0.2, 0.25) is 0 Å². The Hall–Kier alpha value is -2.04. The predicted molar refractivity (Wildman–Crippen MR) is 49.9 cm³/mol. The van der Waals surface area contributed by atoms with E-state index in [2.05, 4.69) is 0 Å². The highest BCUT2D eigenvalue weighted by molar-refractivity contribution is 6.03. The number of primary amides is 2. The number of aryl methyl sites for hydroxylation is 1. The van der Waals surface area contributed by atoms with Crippen LogP contribution < -0.4 is 11.5 Å². The quantitative estimate of drug-likeness (QED) is 0.611. The summed E-state index contributed by atoms with van der Waals surface area (Å²) in [6, 6.07) is 2.79. The Morgan fingerprint density at radius 1 is 1.14 bits per heavy atom. The van der Waals surface area contributed by atoms with Crippen LogP contribution in [0.15, 0.2) is 12.1 Å². The first kappa shape index (κ1) is 10.0. The molecule has 0 aliphatic carbocycles. The summed E-state index contributed by atoms with van der Waals surface area (Å²) in [6.07, 6.45) is 0. The van der Waals surface area contributed by atoms with Crippen molar-refractivity contribution in [1.82, 2.24) is 0 Å². The lowest BCUT2D eigenvalue weighted by molar-refractivity contribution is 0.0996. The maximum absolute atomic E-state index is 10.9. The molecule has 14 heavy (non-hydrogen) atoms. The monoisotopic (exact) mass is 194 g/mol. The molecule has 0 atom stereocenters. The number of carbonyl (C=O) groups is 2. The first-order valence-corrected chi connectivity index (χ1v) is 3.86. The zero-order valence-corrected chi connectivity index (χ0v) is 7.57. The van der Waals surface area contributed by atoms with Crippen molar-refractivity contribution in [3.05, 3.63) is 28.8 Å². The molecule has 0 radical (unpaired) electrons. The molecule has 0 aliphatic rings. The van der Waals surface area contributed by atoms with Gasteiger partial charge in [-0.2, -0.15) is 0 Å². The minimum absolute atomic E-state index is 0.0983. The fourth-order valence-electron chi connectivity index (χ4n) is 1.15. The van der Waals surface area contributed by atoms with E-state index in [-0.39, 0.29) is 11.1 Å². The zero-order chi connectivity index (χ0) is 10.9. The topological polar surface area (TPSA) is 106 Å². The average Bonchev–Trinajstić information content (AvgIpc) is 2.07. The Balaban J connectivity index is 3.47. The van der Waals surface area contributed by atoms with E-state index in [4.69, 9.17) is 11.5 Å². The van der Waals surface area contributed by atoms with Gasteiger partial charge in [-0.05, 0) is 24.6 Å². The largest absolute Gasteiger partial charge is 0.506 e. The molecule has 5 nitrogen and oxygen atoms in total. The van der Waals surface area contributed by atoms with Gasteiger partial charge in [0.1, 0.15) is 5.75 Å². The first-order valence-electron chi connectivity index (χ1n) is 3.86. The molecule has 74 valence electrons. The number of amides is 2. The lowest BCUT2D eigenvalue weighted by atomic mass is 10.0. The van der Waals surface area contributed by atoms with Crippen molar-refractivity contribution in [2.45, 2.75) is 6.92 Å². The van der Waals surface area contributed by atoms with E-state index in [0.717, 1.165) is 0 Å². The van der Waals surface area contributed by atoms with Gasteiger partial charge in [-0.3, -0.25) is 9.59 Å². The second-order valence-electron chi connectivity index (χ2n) is 2.94. The van der Waals surface area contributed by atoms with Crippen LogP contribution in [0.2, 0.25) is 0 Å². The molecular formula is C9H10N2O3. The zero-order valence-electron chi connectivity index (χ0n) is 7.57. The maximum atomic E-state index is 10.9. The smallest absolute Gasteiger partial charge is 0.252 e. The van der Waals surface area contributed by atoms with Crippen molar-refractivity contribution in [1.29, 1.82) is 0 Å². The Labute approximate surface area is 80.3 Å². The normalized spacial score (nSPS) is 9.79. The summed E-state index contributed by atoms with van der Waals surface area (Å²) < 4.78 is 0. The van der Waals surface area contributed by atoms with Crippen molar-refractivity contribution in [2.75, 3.05) is 0 Å². The van der Waals surface area contributed by atoms with E-state index in [9.17, 15) is 14.7 Å². The molecule has 1 aromatic carbocycles. The lowest BCUT2D eigenvalue weighted by Crippen LogP contribution is -2.16. The van der Waals surface area contributed by atoms with Crippen LogP contribution >= 0.6 is 0 Å². The van der Waals surface area contributed by atoms with Crippen LogP contribution in [0.1, 0.15) is 26.3 Å². The summed E-state index contributed by atoms with van der Waals surface area (Å²) in [7, 11) is 0. The molecular weight excluding hydrogens is 184 g/mol. The van der Waals surface area contributed by atoms with E-state index < -0.39 is 17.6 Å². The van der Waals surface area contributed by atoms with Crippen molar-refractivity contribution in [3.8, 4) is 5.75 Å². The average molecular weight is 194 g/mol. The molecule has 0 spiro atoms. The number of phenols is 1. The second kappa shape index (κ2) is 3.37. The highest BCUT2D eigenvalue weighted by atomic mass is 16.3. The summed E-state index contributed by atoms with van der Waals surface area (Å²) in [5.41, 5.74) is 10.4. The molecule has 0 aliphatic heterocycles.